The Kier molecular flexibility index (Phi) is 2.61. The first kappa shape index (κ1) is 10.0. The number of thiazole rings is 1. The van der Waals surface area contributed by atoms with Crippen LogP contribution in [0.3, 0.4) is 0 Å². The second kappa shape index (κ2) is 3.92. The lowest BCUT2D eigenvalue weighted by Gasteiger charge is -2.07. The van der Waals surface area contributed by atoms with Crippen molar-refractivity contribution in [2.45, 2.75) is 13.8 Å². The lowest BCUT2D eigenvalue weighted by atomic mass is 10.2. The highest BCUT2D eigenvalue weighted by Crippen LogP contribution is 2.23. The second-order valence-electron chi connectivity index (χ2n) is 3.12. The third-order valence-electron chi connectivity index (χ3n) is 2.18. The highest BCUT2D eigenvalue weighted by molar-refractivity contribution is 7.13. The molecule has 0 fully saturated rings. The van der Waals surface area contributed by atoms with Crippen LogP contribution in [0, 0.1) is 13.8 Å². The Labute approximate surface area is 91.4 Å². The number of nitrogens with two attached hydrogens (primary N) is 1. The normalized spacial score (nSPS) is 10.3. The Morgan fingerprint density at radius 1 is 1.33 bits per heavy atom. The molecule has 2 aromatic heterocycles. The molecule has 0 atom stereocenters. The number of hydrogen-bond donors (Lipinski definition) is 2. The van der Waals surface area contributed by atoms with Gasteiger partial charge in [0.25, 0.3) is 0 Å². The summed E-state index contributed by atoms with van der Waals surface area (Å²) in [6.07, 6.45) is 1.75. The van der Waals surface area contributed by atoms with Crippen molar-refractivity contribution in [1.82, 2.24) is 15.0 Å². The molecular formula is C9H11N5S. The predicted octanol–water partition coefficient (Wildman–Crippen LogP) is 1.50. The number of rotatable bonds is 2. The van der Waals surface area contributed by atoms with Gasteiger partial charge in [-0.2, -0.15) is 0 Å². The van der Waals surface area contributed by atoms with E-state index >= 15 is 0 Å². The molecule has 0 amide bonds. The molecule has 2 rings (SSSR count). The number of nitrogens with one attached hydrogen (secondary N) is 1. The summed E-state index contributed by atoms with van der Waals surface area (Å²) in [4.78, 5) is 13.6. The molecule has 0 unspecified atom stereocenters. The Bertz CT molecular complexity index is 466. The fourth-order valence-electron chi connectivity index (χ4n) is 1.21. The van der Waals surface area contributed by atoms with Crippen LogP contribution >= 0.6 is 11.3 Å². The van der Waals surface area contributed by atoms with Gasteiger partial charge in [-0.05, 0) is 13.8 Å². The predicted molar refractivity (Wildman–Crippen MR) is 60.4 cm³/mol. The molecule has 0 aliphatic carbocycles. The molecule has 0 spiro atoms. The zero-order valence-corrected chi connectivity index (χ0v) is 9.30. The molecule has 0 aromatic carbocycles. The van der Waals surface area contributed by atoms with Crippen LogP contribution in [0.25, 0.3) is 10.7 Å². The lowest BCUT2D eigenvalue weighted by molar-refractivity contribution is 1.06. The van der Waals surface area contributed by atoms with Crippen molar-refractivity contribution in [3.05, 3.63) is 23.0 Å². The quantitative estimate of drug-likeness (QED) is 0.593. The van der Waals surface area contributed by atoms with Gasteiger partial charge in [0.2, 0.25) is 0 Å². The molecule has 5 nitrogen and oxygen atoms in total. The summed E-state index contributed by atoms with van der Waals surface area (Å²) in [5.74, 6) is 6.71. The van der Waals surface area contributed by atoms with E-state index in [0.29, 0.717) is 11.6 Å². The van der Waals surface area contributed by atoms with Gasteiger partial charge in [-0.3, -0.25) is 4.98 Å². The molecule has 6 heteroatoms. The first-order chi connectivity index (χ1) is 7.22. The first-order valence-electron chi connectivity index (χ1n) is 4.43. The van der Waals surface area contributed by atoms with Gasteiger partial charge < -0.3 is 5.43 Å². The Morgan fingerprint density at radius 2 is 2.13 bits per heavy atom. The van der Waals surface area contributed by atoms with Crippen molar-refractivity contribution in [2.24, 2.45) is 5.84 Å². The van der Waals surface area contributed by atoms with Crippen LogP contribution < -0.4 is 11.3 Å². The van der Waals surface area contributed by atoms with Gasteiger partial charge in [0.15, 0.2) is 5.82 Å². The zero-order chi connectivity index (χ0) is 10.8. The van der Waals surface area contributed by atoms with Crippen molar-refractivity contribution >= 4 is 17.2 Å². The number of anilines is 1. The molecular weight excluding hydrogens is 210 g/mol. The summed E-state index contributed by atoms with van der Waals surface area (Å²) in [6.45, 7) is 3.86. The van der Waals surface area contributed by atoms with E-state index in [9.17, 15) is 0 Å². The smallest absolute Gasteiger partial charge is 0.173 e. The van der Waals surface area contributed by atoms with Crippen molar-refractivity contribution in [1.29, 1.82) is 0 Å². The average molecular weight is 221 g/mol. The molecule has 0 saturated carbocycles. The minimum atomic E-state index is 0.658. The molecule has 2 aromatic rings. The van der Waals surface area contributed by atoms with Crippen LogP contribution in [-0.4, -0.2) is 15.0 Å². The van der Waals surface area contributed by atoms with Gasteiger partial charge in [0.1, 0.15) is 5.82 Å². The molecule has 15 heavy (non-hydrogen) atoms. The summed E-state index contributed by atoms with van der Waals surface area (Å²) in [6, 6.07) is 0. The largest absolute Gasteiger partial charge is 0.308 e. The van der Waals surface area contributed by atoms with Crippen LogP contribution in [0.5, 0.6) is 0 Å². The van der Waals surface area contributed by atoms with E-state index in [2.05, 4.69) is 20.4 Å². The molecule has 3 N–H and O–H groups in total. The minimum Gasteiger partial charge on any atom is -0.308 e. The maximum atomic E-state index is 5.39. The summed E-state index contributed by atoms with van der Waals surface area (Å²) in [5.41, 5.74) is 6.21. The molecule has 0 saturated heterocycles. The minimum absolute atomic E-state index is 0.658. The van der Waals surface area contributed by atoms with Gasteiger partial charge in [-0.1, -0.05) is 0 Å². The van der Waals surface area contributed by atoms with Crippen molar-refractivity contribution < 1.29 is 0 Å². The molecule has 0 aliphatic rings. The highest BCUT2D eigenvalue weighted by atomic mass is 32.1. The SMILES string of the molecule is Cc1nc(-c2cncs2)nc(NN)c1C. The van der Waals surface area contributed by atoms with Gasteiger partial charge in [-0.25, -0.2) is 15.8 Å². The summed E-state index contributed by atoms with van der Waals surface area (Å²) >= 11 is 1.51. The number of hydrogen-bond acceptors (Lipinski definition) is 6. The standard InChI is InChI=1S/C9H11N5S/c1-5-6(2)12-9(13-8(5)14-10)7-3-11-4-15-7/h3-4H,10H2,1-2H3,(H,12,13,14). The number of hydrazine groups is 1. The van der Waals surface area contributed by atoms with E-state index in [4.69, 9.17) is 5.84 Å². The molecule has 2 heterocycles. The third kappa shape index (κ3) is 1.81. The Morgan fingerprint density at radius 3 is 2.73 bits per heavy atom. The van der Waals surface area contributed by atoms with Crippen LogP contribution in [0.1, 0.15) is 11.3 Å². The molecule has 78 valence electrons. The van der Waals surface area contributed by atoms with Crippen LogP contribution in [-0.2, 0) is 0 Å². The van der Waals surface area contributed by atoms with Crippen LogP contribution in [0.15, 0.2) is 11.7 Å². The topological polar surface area (TPSA) is 76.7 Å². The molecule has 0 bridgehead atoms. The van der Waals surface area contributed by atoms with E-state index in [1.54, 1.807) is 11.7 Å². The molecule has 0 aliphatic heterocycles. The number of aromatic nitrogens is 3. The summed E-state index contributed by atoms with van der Waals surface area (Å²) in [7, 11) is 0. The van der Waals surface area contributed by atoms with Crippen LogP contribution in [0.4, 0.5) is 5.82 Å². The average Bonchev–Trinajstić information content (AvgIpc) is 2.75. The van der Waals surface area contributed by atoms with Crippen molar-refractivity contribution in [2.75, 3.05) is 5.43 Å². The maximum absolute atomic E-state index is 5.39. The number of nitrogen functional groups attached to an aromatic ring is 1. The summed E-state index contributed by atoms with van der Waals surface area (Å²) < 4.78 is 0. The third-order valence-corrected chi connectivity index (χ3v) is 2.95. The van der Waals surface area contributed by atoms with E-state index in [0.717, 1.165) is 16.1 Å². The van der Waals surface area contributed by atoms with Gasteiger partial charge >= 0.3 is 0 Å². The van der Waals surface area contributed by atoms with E-state index in [-0.39, 0.29) is 0 Å². The lowest BCUT2D eigenvalue weighted by Crippen LogP contribution is -2.12. The van der Waals surface area contributed by atoms with Crippen molar-refractivity contribution in [3.8, 4) is 10.7 Å². The highest BCUT2D eigenvalue weighted by Gasteiger charge is 2.09. The van der Waals surface area contributed by atoms with Crippen LogP contribution in [0.2, 0.25) is 0 Å². The van der Waals surface area contributed by atoms with E-state index in [1.165, 1.54) is 11.3 Å². The maximum Gasteiger partial charge on any atom is 0.173 e. The zero-order valence-electron chi connectivity index (χ0n) is 8.48. The fraction of sp³-hybridized carbons (Fsp3) is 0.222. The second-order valence-corrected chi connectivity index (χ2v) is 4.00. The van der Waals surface area contributed by atoms with Crippen molar-refractivity contribution in [3.63, 3.8) is 0 Å². The van der Waals surface area contributed by atoms with Gasteiger partial charge in [0, 0.05) is 17.5 Å². The van der Waals surface area contributed by atoms with Gasteiger partial charge in [-0.15, -0.1) is 11.3 Å². The van der Waals surface area contributed by atoms with E-state index < -0.39 is 0 Å². The van der Waals surface area contributed by atoms with E-state index in [1.807, 2.05) is 13.8 Å². The Hall–Kier alpha value is -1.53. The monoisotopic (exact) mass is 221 g/mol. The number of aryl methyl sites for hydroxylation is 1. The summed E-state index contributed by atoms with van der Waals surface area (Å²) in [5, 5.41) is 0. The Balaban J connectivity index is 2.55. The number of nitrogens with zero attached hydrogens (tertiary/aromatic N) is 3. The van der Waals surface area contributed by atoms with Gasteiger partial charge in [0.05, 0.1) is 10.4 Å². The fourth-order valence-corrected chi connectivity index (χ4v) is 1.76. The molecule has 0 radical (unpaired) electrons. The first-order valence-corrected chi connectivity index (χ1v) is 5.31.